The van der Waals surface area contributed by atoms with Crippen molar-refractivity contribution in [1.82, 2.24) is 4.90 Å². The molecule has 3 aromatic rings. The summed E-state index contributed by atoms with van der Waals surface area (Å²) in [6.45, 7) is 14.8. The van der Waals surface area contributed by atoms with Crippen LogP contribution in [-0.2, 0) is 17.0 Å². The Bertz CT molecular complexity index is 1690. The minimum absolute atomic E-state index is 0.0541. The molecule has 1 saturated carbocycles. The molecule has 2 aliphatic rings. The van der Waals surface area contributed by atoms with Crippen LogP contribution in [0.2, 0.25) is 5.02 Å². The molecule has 0 radical (unpaired) electrons. The minimum Gasteiger partial charge on any atom is -0.396 e. The summed E-state index contributed by atoms with van der Waals surface area (Å²) >= 11 is 6.27. The van der Waals surface area contributed by atoms with Crippen LogP contribution >= 0.6 is 11.6 Å². The van der Waals surface area contributed by atoms with Crippen LogP contribution in [-0.4, -0.2) is 34.9 Å². The van der Waals surface area contributed by atoms with Gasteiger partial charge in [-0.1, -0.05) is 89.2 Å². The number of ether oxygens (including phenoxy) is 1. The molecule has 5 rings (SSSR count). The van der Waals surface area contributed by atoms with Crippen molar-refractivity contribution in [2.75, 3.05) is 13.2 Å². The lowest BCUT2D eigenvalue weighted by atomic mass is 9.62. The fourth-order valence-corrected chi connectivity index (χ4v) is 7.54. The van der Waals surface area contributed by atoms with Gasteiger partial charge in [0.1, 0.15) is 5.82 Å². The first-order chi connectivity index (χ1) is 22.2. The van der Waals surface area contributed by atoms with E-state index in [2.05, 4.69) is 53.4 Å². The van der Waals surface area contributed by atoms with Gasteiger partial charge in [0.25, 0.3) is 5.91 Å². The number of aliphatic hydroxyl groups is 1. The fraction of sp³-hybridized carbons (Fsp3) is 0.450. The monoisotopic (exact) mass is 657 g/mol. The molecule has 1 aliphatic carbocycles. The summed E-state index contributed by atoms with van der Waals surface area (Å²) in [6.07, 6.45) is 1.53. The van der Waals surface area contributed by atoms with Gasteiger partial charge < -0.3 is 9.84 Å². The van der Waals surface area contributed by atoms with Crippen LogP contribution in [0.3, 0.4) is 0 Å². The maximum atomic E-state index is 16.3. The summed E-state index contributed by atoms with van der Waals surface area (Å²) in [5.41, 5.74) is 0.176. The Balaban J connectivity index is 1.60. The maximum absolute atomic E-state index is 16.3. The fourth-order valence-electron chi connectivity index (χ4n) is 7.41. The number of hydrogen-bond acceptors (Lipinski definition) is 4. The van der Waals surface area contributed by atoms with Crippen molar-refractivity contribution in [3.05, 3.63) is 105 Å². The van der Waals surface area contributed by atoms with Crippen molar-refractivity contribution in [3.8, 4) is 11.8 Å². The standard InChI is InChI=1S/C40H45ClFNO4/c1-25(2)39(26(3)4,27(5)6)17-16-29-8-10-30(11-9-29)22-43-37(46)34-20-31(28(7)45)21-35(42)36(34)40(43,32-12-14-33(41)15-13-32)47-24-38(23-44)18-19-38/h8-15,20-21,25-27,44H,18-19,22-24H2,1-7H3. The molecular weight excluding hydrogens is 613 g/mol. The van der Waals surface area contributed by atoms with Crippen LogP contribution in [0.25, 0.3) is 0 Å². The second kappa shape index (κ2) is 13.2. The van der Waals surface area contributed by atoms with Crippen molar-refractivity contribution >= 4 is 23.3 Å². The number of carbonyl (C=O) groups excluding carboxylic acids is 2. The number of halogens is 2. The Kier molecular flexibility index (Phi) is 9.77. The van der Waals surface area contributed by atoms with Crippen LogP contribution < -0.4 is 0 Å². The normalized spacial score (nSPS) is 18.5. The first kappa shape index (κ1) is 34.8. The highest BCUT2D eigenvalue weighted by Gasteiger charge is 2.56. The summed E-state index contributed by atoms with van der Waals surface area (Å²) in [5, 5.41) is 10.6. The number of nitrogens with zero attached hydrogens (tertiary/aromatic N) is 1. The van der Waals surface area contributed by atoms with E-state index in [0.717, 1.165) is 24.0 Å². The minimum atomic E-state index is -1.66. The average molecular weight is 658 g/mol. The summed E-state index contributed by atoms with van der Waals surface area (Å²) < 4.78 is 23.0. The largest absolute Gasteiger partial charge is 0.396 e. The molecule has 1 atom stereocenters. The number of fused-ring (bicyclic) bond motifs is 1. The van der Waals surface area contributed by atoms with Crippen molar-refractivity contribution < 1.29 is 23.8 Å². The van der Waals surface area contributed by atoms with Crippen LogP contribution in [0.4, 0.5) is 4.39 Å². The summed E-state index contributed by atoms with van der Waals surface area (Å²) in [6, 6.07) is 17.2. The number of aliphatic hydroxyl groups excluding tert-OH is 1. The highest BCUT2D eigenvalue weighted by molar-refractivity contribution is 6.30. The van der Waals surface area contributed by atoms with E-state index in [1.165, 1.54) is 24.0 Å². The van der Waals surface area contributed by atoms with Crippen molar-refractivity contribution in [2.45, 2.75) is 73.6 Å². The molecule has 7 heteroatoms. The maximum Gasteiger partial charge on any atom is 0.257 e. The smallest absolute Gasteiger partial charge is 0.257 e. The van der Waals surface area contributed by atoms with E-state index in [1.54, 1.807) is 24.3 Å². The van der Waals surface area contributed by atoms with Gasteiger partial charge in [-0.2, -0.15) is 0 Å². The Hall–Kier alpha value is -3.50. The zero-order chi connectivity index (χ0) is 34.3. The van der Waals surface area contributed by atoms with Crippen molar-refractivity contribution in [3.63, 3.8) is 0 Å². The number of Topliss-reactive ketones (excluding diaryl/α,β-unsaturated/α-hetero) is 1. The lowest BCUT2D eigenvalue weighted by Gasteiger charge is -2.40. The molecule has 1 N–H and O–H groups in total. The lowest BCUT2D eigenvalue weighted by Crippen LogP contribution is -2.48. The average Bonchev–Trinajstić information content (AvgIpc) is 3.77. The van der Waals surface area contributed by atoms with Gasteiger partial charge in [0.2, 0.25) is 0 Å². The Morgan fingerprint density at radius 1 is 1.00 bits per heavy atom. The number of carbonyl (C=O) groups is 2. The van der Waals surface area contributed by atoms with Crippen LogP contribution in [0, 0.1) is 46.2 Å². The van der Waals surface area contributed by atoms with E-state index >= 15 is 4.39 Å². The van der Waals surface area contributed by atoms with E-state index < -0.39 is 22.9 Å². The molecule has 47 heavy (non-hydrogen) atoms. The van der Waals surface area contributed by atoms with Gasteiger partial charge in [-0.15, -0.1) is 0 Å². The highest BCUT2D eigenvalue weighted by atomic mass is 35.5. The Morgan fingerprint density at radius 3 is 2.11 bits per heavy atom. The molecule has 1 fully saturated rings. The van der Waals surface area contributed by atoms with Crippen LogP contribution in [0.5, 0.6) is 0 Å². The number of amides is 1. The topological polar surface area (TPSA) is 66.8 Å². The molecule has 0 saturated heterocycles. The van der Waals surface area contributed by atoms with E-state index in [4.69, 9.17) is 16.3 Å². The van der Waals surface area contributed by atoms with Crippen LogP contribution in [0.15, 0.2) is 60.7 Å². The summed E-state index contributed by atoms with van der Waals surface area (Å²) in [4.78, 5) is 28.2. The second-order valence-corrected chi connectivity index (χ2v) is 14.7. The number of rotatable bonds is 11. The number of ketones is 1. The van der Waals surface area contributed by atoms with Gasteiger partial charge in [0.05, 0.1) is 24.3 Å². The van der Waals surface area contributed by atoms with Gasteiger partial charge in [0.15, 0.2) is 11.5 Å². The van der Waals surface area contributed by atoms with Gasteiger partial charge in [-0.25, -0.2) is 4.39 Å². The molecule has 1 amide bonds. The molecule has 0 aromatic heterocycles. The molecule has 248 valence electrons. The summed E-state index contributed by atoms with van der Waals surface area (Å²) in [7, 11) is 0. The van der Waals surface area contributed by atoms with Gasteiger partial charge >= 0.3 is 0 Å². The molecular formula is C40H45ClFNO4. The second-order valence-electron chi connectivity index (χ2n) is 14.3. The van der Waals surface area contributed by atoms with Crippen LogP contribution in [0.1, 0.15) is 104 Å². The molecule has 1 heterocycles. The zero-order valence-electron chi connectivity index (χ0n) is 28.4. The quantitative estimate of drug-likeness (QED) is 0.166. The molecule has 1 unspecified atom stereocenters. The third kappa shape index (κ3) is 6.26. The number of benzene rings is 3. The highest BCUT2D eigenvalue weighted by Crippen LogP contribution is 2.52. The predicted molar refractivity (Wildman–Crippen MR) is 183 cm³/mol. The zero-order valence-corrected chi connectivity index (χ0v) is 29.2. The first-order valence-corrected chi connectivity index (χ1v) is 16.9. The molecule has 0 bridgehead atoms. The van der Waals surface area contributed by atoms with E-state index in [1.807, 2.05) is 24.3 Å². The molecule has 0 spiro atoms. The Labute approximate surface area is 283 Å². The SMILES string of the molecule is CC(=O)c1cc(F)c2c(c1)C(=O)N(Cc1ccc(C#CC(C(C)C)(C(C)C)C(C)C)cc1)C2(OCC1(CO)CC1)c1ccc(Cl)cc1. The molecule has 1 aliphatic heterocycles. The molecule has 3 aromatic carbocycles. The lowest BCUT2D eigenvalue weighted by molar-refractivity contribution is -0.130. The van der Waals surface area contributed by atoms with Gasteiger partial charge in [-0.05, 0) is 79.5 Å². The predicted octanol–water partition coefficient (Wildman–Crippen LogP) is 8.63. The van der Waals surface area contributed by atoms with Gasteiger partial charge in [0, 0.05) is 39.1 Å². The van der Waals surface area contributed by atoms with Crippen molar-refractivity contribution in [2.24, 2.45) is 28.6 Å². The summed E-state index contributed by atoms with van der Waals surface area (Å²) in [5.74, 6) is 6.67. The third-order valence-electron chi connectivity index (χ3n) is 10.4. The van der Waals surface area contributed by atoms with E-state index in [-0.39, 0.29) is 47.6 Å². The van der Waals surface area contributed by atoms with E-state index in [0.29, 0.717) is 28.3 Å². The molecule has 5 nitrogen and oxygen atoms in total. The first-order valence-electron chi connectivity index (χ1n) is 16.5. The third-order valence-corrected chi connectivity index (χ3v) is 10.6. The van der Waals surface area contributed by atoms with E-state index in [9.17, 15) is 14.7 Å². The Morgan fingerprint density at radius 2 is 1.60 bits per heavy atom. The van der Waals surface area contributed by atoms with Crippen molar-refractivity contribution in [1.29, 1.82) is 0 Å². The number of hydrogen-bond donors (Lipinski definition) is 1. The van der Waals surface area contributed by atoms with Gasteiger partial charge in [-0.3, -0.25) is 14.5 Å².